The molecule has 2 aromatic rings. The maximum atomic E-state index is 12.6. The number of aryl methyl sites for hydroxylation is 2. The standard InChI is InChI=1S/C25H36N2O4S/c1-18-8-10-22(11-9-18)25-26-24(21(4)31-25)17-32(29,30)16-23(28)7-5-6-12-27-14-19(2)13-20(3)15-27/h8-11,19-20H,5-7,12-17H2,1-4H3. The van der Waals surface area contributed by atoms with E-state index >= 15 is 0 Å². The van der Waals surface area contributed by atoms with Crippen molar-refractivity contribution in [3.05, 3.63) is 41.3 Å². The smallest absolute Gasteiger partial charge is 0.226 e. The van der Waals surface area contributed by atoms with Gasteiger partial charge in [-0.05, 0) is 63.6 Å². The summed E-state index contributed by atoms with van der Waals surface area (Å²) in [6.07, 6.45) is 3.25. The molecule has 0 saturated carbocycles. The predicted octanol–water partition coefficient (Wildman–Crippen LogP) is 4.59. The van der Waals surface area contributed by atoms with Crippen LogP contribution in [0.5, 0.6) is 0 Å². The molecule has 2 unspecified atom stereocenters. The number of oxazole rings is 1. The van der Waals surface area contributed by atoms with Crippen LogP contribution in [0, 0.1) is 25.7 Å². The van der Waals surface area contributed by atoms with Crippen LogP contribution in [0.3, 0.4) is 0 Å². The van der Waals surface area contributed by atoms with Gasteiger partial charge in [-0.1, -0.05) is 31.5 Å². The zero-order valence-corrected chi connectivity index (χ0v) is 20.6. The van der Waals surface area contributed by atoms with Gasteiger partial charge >= 0.3 is 0 Å². The summed E-state index contributed by atoms with van der Waals surface area (Å²) in [4.78, 5) is 19.2. The van der Waals surface area contributed by atoms with E-state index in [4.69, 9.17) is 4.42 Å². The number of carbonyl (C=O) groups is 1. The number of benzene rings is 1. The Bertz CT molecular complexity index is 1000. The molecule has 1 saturated heterocycles. The van der Waals surface area contributed by atoms with Crippen LogP contribution in [0.15, 0.2) is 28.7 Å². The first kappa shape index (κ1) is 24.6. The van der Waals surface area contributed by atoms with Gasteiger partial charge in [0.1, 0.15) is 17.3 Å². The van der Waals surface area contributed by atoms with Crippen LogP contribution in [0.4, 0.5) is 0 Å². The van der Waals surface area contributed by atoms with E-state index in [1.54, 1.807) is 6.92 Å². The van der Waals surface area contributed by atoms with Gasteiger partial charge in [0.2, 0.25) is 5.89 Å². The Labute approximate surface area is 192 Å². The first-order valence-corrected chi connectivity index (χ1v) is 13.4. The normalized spacial score (nSPS) is 19.9. The number of Topliss-reactive ketones (excluding diaryl/α,β-unsaturated/α-hetero) is 1. The van der Waals surface area contributed by atoms with Crippen molar-refractivity contribution in [3.8, 4) is 11.5 Å². The van der Waals surface area contributed by atoms with Crippen molar-refractivity contribution in [1.29, 1.82) is 0 Å². The van der Waals surface area contributed by atoms with Gasteiger partial charge in [0.05, 0.1) is 11.4 Å². The first-order chi connectivity index (χ1) is 15.1. The lowest BCUT2D eigenvalue weighted by atomic mass is 9.92. The Kier molecular flexibility index (Phi) is 8.28. The van der Waals surface area contributed by atoms with Gasteiger partial charge < -0.3 is 9.32 Å². The van der Waals surface area contributed by atoms with Crippen LogP contribution in [-0.4, -0.2) is 49.5 Å². The van der Waals surface area contributed by atoms with E-state index in [0.29, 0.717) is 23.8 Å². The maximum absolute atomic E-state index is 12.6. The van der Waals surface area contributed by atoms with Crippen molar-refractivity contribution < 1.29 is 17.6 Å². The molecule has 0 spiro atoms. The highest BCUT2D eigenvalue weighted by Gasteiger charge is 2.23. The summed E-state index contributed by atoms with van der Waals surface area (Å²) < 4.78 is 30.9. The SMILES string of the molecule is Cc1ccc(-c2nc(CS(=O)(=O)CC(=O)CCCCN3CC(C)CC(C)C3)c(C)o2)cc1. The second-order valence-electron chi connectivity index (χ2n) is 9.62. The van der Waals surface area contributed by atoms with Gasteiger partial charge in [0, 0.05) is 25.1 Å². The molecular formula is C25H36N2O4S. The summed E-state index contributed by atoms with van der Waals surface area (Å²) in [5.74, 6) is 1.39. The Hall–Kier alpha value is -1.99. The second kappa shape index (κ2) is 10.8. The summed E-state index contributed by atoms with van der Waals surface area (Å²) in [5.41, 5.74) is 2.30. The second-order valence-corrected chi connectivity index (χ2v) is 11.7. The molecule has 1 fully saturated rings. The zero-order valence-electron chi connectivity index (χ0n) is 19.8. The number of ketones is 1. The van der Waals surface area contributed by atoms with E-state index in [1.807, 2.05) is 31.2 Å². The van der Waals surface area contributed by atoms with Crippen LogP contribution >= 0.6 is 0 Å². The van der Waals surface area contributed by atoms with Crippen molar-refractivity contribution in [1.82, 2.24) is 9.88 Å². The highest BCUT2D eigenvalue weighted by Crippen LogP contribution is 2.24. The number of hydrogen-bond acceptors (Lipinski definition) is 6. The number of sulfone groups is 1. The molecule has 32 heavy (non-hydrogen) atoms. The van der Waals surface area contributed by atoms with Crippen LogP contribution < -0.4 is 0 Å². The monoisotopic (exact) mass is 460 g/mol. The summed E-state index contributed by atoms with van der Waals surface area (Å²) in [6, 6.07) is 7.70. The van der Waals surface area contributed by atoms with Gasteiger partial charge in [-0.25, -0.2) is 13.4 Å². The molecular weight excluding hydrogens is 424 g/mol. The molecule has 176 valence electrons. The van der Waals surface area contributed by atoms with Gasteiger partial charge in [-0.2, -0.15) is 0 Å². The molecule has 2 atom stereocenters. The molecule has 1 aliphatic rings. The molecule has 0 aliphatic carbocycles. The average Bonchev–Trinajstić information content (AvgIpc) is 3.04. The number of rotatable bonds is 10. The lowest BCUT2D eigenvalue weighted by Crippen LogP contribution is -2.39. The first-order valence-electron chi connectivity index (χ1n) is 11.6. The third kappa shape index (κ3) is 7.27. The average molecular weight is 461 g/mol. The van der Waals surface area contributed by atoms with Crippen molar-refractivity contribution in [2.45, 2.75) is 59.1 Å². The maximum Gasteiger partial charge on any atom is 0.226 e. The van der Waals surface area contributed by atoms with E-state index in [9.17, 15) is 13.2 Å². The predicted molar refractivity (Wildman–Crippen MR) is 127 cm³/mol. The molecule has 1 aromatic carbocycles. The number of nitrogens with zero attached hydrogens (tertiary/aromatic N) is 2. The Morgan fingerprint density at radius 3 is 2.41 bits per heavy atom. The Morgan fingerprint density at radius 1 is 1.09 bits per heavy atom. The third-order valence-corrected chi connectivity index (χ3v) is 7.53. The van der Waals surface area contributed by atoms with Crippen molar-refractivity contribution in [2.75, 3.05) is 25.4 Å². The summed E-state index contributed by atoms with van der Waals surface area (Å²) in [6.45, 7) is 11.5. The Balaban J connectivity index is 1.46. The van der Waals surface area contributed by atoms with E-state index < -0.39 is 15.6 Å². The summed E-state index contributed by atoms with van der Waals surface area (Å²) in [5, 5.41) is 0. The summed E-state index contributed by atoms with van der Waals surface area (Å²) in [7, 11) is -3.59. The van der Waals surface area contributed by atoms with E-state index in [2.05, 4.69) is 23.7 Å². The lowest BCUT2D eigenvalue weighted by Gasteiger charge is -2.34. The highest BCUT2D eigenvalue weighted by atomic mass is 32.2. The van der Waals surface area contributed by atoms with E-state index in [-0.39, 0.29) is 11.5 Å². The molecule has 0 amide bonds. The number of hydrogen-bond donors (Lipinski definition) is 0. The van der Waals surface area contributed by atoms with Gasteiger partial charge in [0.15, 0.2) is 9.84 Å². The topological polar surface area (TPSA) is 80.5 Å². The number of unbranched alkanes of at least 4 members (excludes halogenated alkanes) is 1. The number of aromatic nitrogens is 1. The number of carbonyl (C=O) groups excluding carboxylic acids is 1. The van der Waals surface area contributed by atoms with Crippen LogP contribution in [0.2, 0.25) is 0 Å². The fraction of sp³-hybridized carbons (Fsp3) is 0.600. The third-order valence-electron chi connectivity index (χ3n) is 6.05. The van der Waals surface area contributed by atoms with Crippen molar-refractivity contribution in [2.24, 2.45) is 11.8 Å². The van der Waals surface area contributed by atoms with Crippen LogP contribution in [0.1, 0.15) is 56.5 Å². The van der Waals surface area contributed by atoms with E-state index in [0.717, 1.165) is 55.4 Å². The fourth-order valence-electron chi connectivity index (χ4n) is 4.59. The minimum atomic E-state index is -3.59. The Morgan fingerprint density at radius 2 is 1.75 bits per heavy atom. The number of piperidine rings is 1. The molecule has 0 N–H and O–H groups in total. The van der Waals surface area contributed by atoms with Crippen molar-refractivity contribution >= 4 is 15.6 Å². The molecule has 7 heteroatoms. The molecule has 6 nitrogen and oxygen atoms in total. The lowest BCUT2D eigenvalue weighted by molar-refractivity contribution is -0.116. The zero-order chi connectivity index (χ0) is 23.3. The molecule has 2 heterocycles. The van der Waals surface area contributed by atoms with Gasteiger partial charge in [-0.3, -0.25) is 4.79 Å². The minimum absolute atomic E-state index is 0.217. The fourth-order valence-corrected chi connectivity index (χ4v) is 6.01. The van der Waals surface area contributed by atoms with Gasteiger partial charge in [-0.15, -0.1) is 0 Å². The van der Waals surface area contributed by atoms with Gasteiger partial charge in [0.25, 0.3) is 0 Å². The molecule has 1 aliphatic heterocycles. The molecule has 0 bridgehead atoms. The molecule has 1 aromatic heterocycles. The van der Waals surface area contributed by atoms with Crippen LogP contribution in [0.25, 0.3) is 11.5 Å². The largest absolute Gasteiger partial charge is 0.441 e. The number of likely N-dealkylation sites (tertiary alicyclic amines) is 1. The quantitative estimate of drug-likeness (QED) is 0.483. The molecule has 0 radical (unpaired) electrons. The van der Waals surface area contributed by atoms with Crippen molar-refractivity contribution in [3.63, 3.8) is 0 Å². The summed E-state index contributed by atoms with van der Waals surface area (Å²) >= 11 is 0. The van der Waals surface area contributed by atoms with Crippen LogP contribution in [-0.2, 0) is 20.4 Å². The highest BCUT2D eigenvalue weighted by molar-refractivity contribution is 7.91. The van der Waals surface area contributed by atoms with E-state index in [1.165, 1.54) is 6.42 Å². The minimum Gasteiger partial charge on any atom is -0.441 e. The molecule has 3 rings (SSSR count).